The molecule has 1 aromatic carbocycles. The fraction of sp³-hybridized carbons (Fsp3) is 0.444. The number of aryl methyl sites for hydroxylation is 1. The van der Waals surface area contributed by atoms with Crippen LogP contribution in [0, 0.1) is 0 Å². The monoisotopic (exact) mass is 372 g/mol. The predicted molar refractivity (Wildman–Crippen MR) is 99.6 cm³/mol. The number of carbonyl (C=O) groups is 2. The lowest BCUT2D eigenvalue weighted by Crippen LogP contribution is -2.59. The van der Waals surface area contributed by atoms with Gasteiger partial charge in [-0.15, -0.1) is 0 Å². The zero-order valence-corrected chi connectivity index (χ0v) is 15.8. The number of hydrogen-bond acceptors (Lipinski definition) is 5. The Morgan fingerprint density at radius 3 is 2.89 bits per heavy atom. The van der Waals surface area contributed by atoms with Crippen molar-refractivity contribution in [2.45, 2.75) is 19.4 Å². The smallest absolute Gasteiger partial charge is 0.318 e. The highest BCUT2D eigenvalue weighted by atomic mass is 16.5. The van der Waals surface area contributed by atoms with Gasteiger partial charge in [-0.2, -0.15) is 5.10 Å². The van der Waals surface area contributed by atoms with Gasteiger partial charge in [0.2, 0.25) is 5.91 Å². The van der Waals surface area contributed by atoms with Gasteiger partial charge in [-0.05, 0) is 19.1 Å². The molecule has 9 nitrogen and oxygen atoms in total. The van der Waals surface area contributed by atoms with Gasteiger partial charge in [-0.25, -0.2) is 9.78 Å². The summed E-state index contributed by atoms with van der Waals surface area (Å²) >= 11 is 0. The summed E-state index contributed by atoms with van der Waals surface area (Å²) in [5, 5.41) is 6.86. The zero-order valence-electron chi connectivity index (χ0n) is 15.8. The summed E-state index contributed by atoms with van der Waals surface area (Å²) in [7, 11) is 3.40. The minimum atomic E-state index is -0.542. The van der Waals surface area contributed by atoms with Crippen molar-refractivity contribution in [1.29, 1.82) is 0 Å². The summed E-state index contributed by atoms with van der Waals surface area (Å²) in [6, 6.07) is 6.57. The normalized spacial score (nSPS) is 17.1. The quantitative estimate of drug-likeness (QED) is 0.839. The van der Waals surface area contributed by atoms with Crippen LogP contribution in [-0.2, 0) is 18.3 Å². The molecule has 1 aliphatic rings. The van der Waals surface area contributed by atoms with Crippen LogP contribution in [-0.4, -0.2) is 64.4 Å². The van der Waals surface area contributed by atoms with E-state index in [1.54, 1.807) is 28.5 Å². The number of aromatic nitrogens is 3. The second-order valence-electron chi connectivity index (χ2n) is 6.34. The fourth-order valence-electron chi connectivity index (χ4n) is 3.11. The maximum absolute atomic E-state index is 12.8. The third kappa shape index (κ3) is 4.02. The lowest BCUT2D eigenvalue weighted by atomic mass is 10.1. The summed E-state index contributed by atoms with van der Waals surface area (Å²) in [4.78, 5) is 32.7. The number of benzene rings is 1. The first-order valence-corrected chi connectivity index (χ1v) is 8.84. The zero-order chi connectivity index (χ0) is 19.4. The first-order valence-electron chi connectivity index (χ1n) is 8.84. The number of nitrogens with zero attached hydrogens (tertiary/aromatic N) is 5. The highest BCUT2D eigenvalue weighted by Crippen LogP contribution is 2.24. The minimum Gasteiger partial charge on any atom is -0.497 e. The lowest BCUT2D eigenvalue weighted by molar-refractivity contribution is -0.124. The second-order valence-corrected chi connectivity index (χ2v) is 6.34. The average Bonchev–Trinajstić information content (AvgIpc) is 3.08. The van der Waals surface area contributed by atoms with Gasteiger partial charge in [0, 0.05) is 44.9 Å². The molecule has 1 N–H and O–H groups in total. The van der Waals surface area contributed by atoms with Gasteiger partial charge in [0.1, 0.15) is 23.9 Å². The van der Waals surface area contributed by atoms with E-state index in [1.165, 1.54) is 6.33 Å². The van der Waals surface area contributed by atoms with E-state index in [2.05, 4.69) is 15.4 Å². The van der Waals surface area contributed by atoms with Crippen molar-refractivity contribution in [2.24, 2.45) is 7.05 Å². The Morgan fingerprint density at radius 2 is 2.19 bits per heavy atom. The molecule has 144 valence electrons. The topological polar surface area (TPSA) is 92.6 Å². The third-order valence-corrected chi connectivity index (χ3v) is 4.71. The van der Waals surface area contributed by atoms with Crippen LogP contribution in [0.5, 0.6) is 5.75 Å². The van der Waals surface area contributed by atoms with Crippen LogP contribution in [0.25, 0.3) is 0 Å². The number of urea groups is 1. The van der Waals surface area contributed by atoms with Gasteiger partial charge in [-0.1, -0.05) is 6.07 Å². The van der Waals surface area contributed by atoms with E-state index in [0.717, 1.165) is 11.5 Å². The van der Waals surface area contributed by atoms with E-state index >= 15 is 0 Å². The summed E-state index contributed by atoms with van der Waals surface area (Å²) in [5.41, 5.74) is 0.772. The van der Waals surface area contributed by atoms with Crippen LogP contribution in [0.4, 0.5) is 10.5 Å². The van der Waals surface area contributed by atoms with Crippen molar-refractivity contribution in [3.8, 4) is 5.75 Å². The maximum atomic E-state index is 12.8. The molecule has 2 aromatic rings. The number of hydrogen-bond donors (Lipinski definition) is 1. The van der Waals surface area contributed by atoms with Gasteiger partial charge in [-0.3, -0.25) is 9.48 Å². The van der Waals surface area contributed by atoms with E-state index in [-0.39, 0.29) is 11.9 Å². The Kier molecular flexibility index (Phi) is 5.58. The van der Waals surface area contributed by atoms with Crippen molar-refractivity contribution in [2.75, 3.05) is 31.6 Å². The highest BCUT2D eigenvalue weighted by molar-refractivity contribution is 6.00. The predicted octanol–water partition coefficient (Wildman–Crippen LogP) is 0.813. The Bertz CT molecular complexity index is 821. The van der Waals surface area contributed by atoms with E-state index in [9.17, 15) is 9.59 Å². The van der Waals surface area contributed by atoms with E-state index in [1.807, 2.05) is 31.3 Å². The van der Waals surface area contributed by atoms with E-state index in [4.69, 9.17) is 4.74 Å². The van der Waals surface area contributed by atoms with Crippen molar-refractivity contribution in [3.63, 3.8) is 0 Å². The Labute approximate surface area is 157 Å². The Morgan fingerprint density at radius 1 is 1.37 bits per heavy atom. The van der Waals surface area contributed by atoms with Crippen LogP contribution < -0.4 is 15.0 Å². The third-order valence-electron chi connectivity index (χ3n) is 4.71. The maximum Gasteiger partial charge on any atom is 0.318 e. The molecule has 0 saturated carbocycles. The van der Waals surface area contributed by atoms with Gasteiger partial charge < -0.3 is 19.9 Å². The second kappa shape index (κ2) is 8.07. The van der Waals surface area contributed by atoms with Crippen molar-refractivity contribution < 1.29 is 14.3 Å². The Hall–Kier alpha value is -3.10. The number of ether oxygens (including phenoxy) is 1. The molecular weight excluding hydrogens is 348 g/mol. The van der Waals surface area contributed by atoms with Crippen molar-refractivity contribution in [1.82, 2.24) is 25.0 Å². The molecule has 1 atom stereocenters. The molecule has 0 spiro atoms. The van der Waals surface area contributed by atoms with Crippen molar-refractivity contribution >= 4 is 17.6 Å². The molecular formula is C18H24N6O3. The fourth-order valence-corrected chi connectivity index (χ4v) is 3.11. The summed E-state index contributed by atoms with van der Waals surface area (Å²) < 4.78 is 6.90. The summed E-state index contributed by atoms with van der Waals surface area (Å²) in [6.45, 7) is 3.08. The first-order chi connectivity index (χ1) is 13.0. The number of piperazine rings is 1. The minimum absolute atomic E-state index is 0.113. The van der Waals surface area contributed by atoms with Gasteiger partial charge >= 0.3 is 6.03 Å². The largest absolute Gasteiger partial charge is 0.497 e. The van der Waals surface area contributed by atoms with Gasteiger partial charge in [0.05, 0.1) is 7.11 Å². The van der Waals surface area contributed by atoms with Crippen LogP contribution in [0.2, 0.25) is 0 Å². The molecule has 9 heteroatoms. The molecule has 1 aliphatic heterocycles. The molecule has 0 bridgehead atoms. The standard InChI is InChI=1S/C18H24N6O3/c1-13-17(25)24(14-5-4-6-15(11-14)27-3)10-9-23(13)18(26)19-8-7-16-20-12-21-22(16)2/h4-6,11-13H,7-10H2,1-3H3,(H,19,26). The van der Waals surface area contributed by atoms with Crippen molar-refractivity contribution in [3.05, 3.63) is 36.4 Å². The molecule has 2 heterocycles. The number of methoxy groups -OCH3 is 1. The molecule has 1 aromatic heterocycles. The number of nitrogens with one attached hydrogen (secondary N) is 1. The van der Waals surface area contributed by atoms with Crippen LogP contribution >= 0.6 is 0 Å². The van der Waals surface area contributed by atoms with Crippen LogP contribution in [0.1, 0.15) is 12.7 Å². The molecule has 0 aliphatic carbocycles. The van der Waals surface area contributed by atoms with Gasteiger partial charge in [0.25, 0.3) is 0 Å². The molecule has 27 heavy (non-hydrogen) atoms. The molecule has 1 fully saturated rings. The lowest BCUT2D eigenvalue weighted by Gasteiger charge is -2.39. The number of rotatable bonds is 5. The summed E-state index contributed by atoms with van der Waals surface area (Å²) in [6.07, 6.45) is 2.06. The number of anilines is 1. The van der Waals surface area contributed by atoms with Gasteiger partial charge in [0.15, 0.2) is 0 Å². The molecule has 0 radical (unpaired) electrons. The molecule has 1 saturated heterocycles. The van der Waals surface area contributed by atoms with E-state index < -0.39 is 6.04 Å². The first kappa shape index (κ1) is 18.7. The number of amides is 3. The van der Waals surface area contributed by atoms with Crippen LogP contribution in [0.3, 0.4) is 0 Å². The summed E-state index contributed by atoms with van der Waals surface area (Å²) in [5.74, 6) is 1.37. The molecule has 1 unspecified atom stereocenters. The number of carbonyl (C=O) groups excluding carboxylic acids is 2. The SMILES string of the molecule is COc1cccc(N2CCN(C(=O)NCCc3ncnn3C)C(C)C2=O)c1. The molecule has 3 rings (SSSR count). The highest BCUT2D eigenvalue weighted by Gasteiger charge is 2.35. The average molecular weight is 372 g/mol. The molecule has 3 amide bonds. The van der Waals surface area contributed by atoms with Crippen LogP contribution in [0.15, 0.2) is 30.6 Å². The Balaban J connectivity index is 1.58. The van der Waals surface area contributed by atoms with E-state index in [0.29, 0.717) is 31.8 Å².